The van der Waals surface area contributed by atoms with Crippen molar-refractivity contribution in [3.8, 4) is 6.07 Å². The summed E-state index contributed by atoms with van der Waals surface area (Å²) < 4.78 is 14.2. The second-order valence-corrected chi connectivity index (χ2v) is 6.36. The highest BCUT2D eigenvalue weighted by Gasteiger charge is 2.19. The fourth-order valence-electron chi connectivity index (χ4n) is 1.70. The average molecular weight is 349 g/mol. The first-order chi connectivity index (χ1) is 9.81. The van der Waals surface area contributed by atoms with Crippen LogP contribution in [0.25, 0.3) is 0 Å². The van der Waals surface area contributed by atoms with Crippen LogP contribution in [0, 0.1) is 17.1 Å². The SMILES string of the molecule is CC(C)(C)c1nc(Br)cc(Nc2cccc(F)c2C#N)n1. The van der Waals surface area contributed by atoms with E-state index in [-0.39, 0.29) is 11.0 Å². The summed E-state index contributed by atoms with van der Waals surface area (Å²) in [6.07, 6.45) is 0. The van der Waals surface area contributed by atoms with Gasteiger partial charge in [0, 0.05) is 11.5 Å². The Kier molecular flexibility index (Phi) is 4.24. The number of anilines is 2. The number of halogens is 2. The summed E-state index contributed by atoms with van der Waals surface area (Å²) in [6, 6.07) is 7.96. The van der Waals surface area contributed by atoms with E-state index in [0.29, 0.717) is 21.9 Å². The van der Waals surface area contributed by atoms with Gasteiger partial charge in [0.15, 0.2) is 0 Å². The van der Waals surface area contributed by atoms with Crippen molar-refractivity contribution in [3.63, 3.8) is 0 Å². The Morgan fingerprint density at radius 1 is 1.29 bits per heavy atom. The van der Waals surface area contributed by atoms with Crippen molar-refractivity contribution >= 4 is 27.4 Å². The normalized spacial score (nSPS) is 11.0. The van der Waals surface area contributed by atoms with Crippen LogP contribution in [0.2, 0.25) is 0 Å². The summed E-state index contributed by atoms with van der Waals surface area (Å²) in [4.78, 5) is 8.75. The van der Waals surface area contributed by atoms with Gasteiger partial charge >= 0.3 is 0 Å². The average Bonchev–Trinajstić information content (AvgIpc) is 2.37. The predicted molar refractivity (Wildman–Crippen MR) is 82.8 cm³/mol. The van der Waals surface area contributed by atoms with Gasteiger partial charge in [0.2, 0.25) is 0 Å². The molecule has 0 amide bonds. The number of hydrogen-bond acceptors (Lipinski definition) is 4. The third kappa shape index (κ3) is 3.56. The van der Waals surface area contributed by atoms with Gasteiger partial charge in [0.05, 0.1) is 5.69 Å². The molecule has 2 aromatic rings. The highest BCUT2D eigenvalue weighted by Crippen LogP contribution is 2.26. The summed E-state index contributed by atoms with van der Waals surface area (Å²) in [5.74, 6) is 0.588. The van der Waals surface area contributed by atoms with E-state index < -0.39 is 5.82 Å². The minimum absolute atomic E-state index is 0.0375. The summed E-state index contributed by atoms with van der Waals surface area (Å²) >= 11 is 3.34. The molecule has 0 aliphatic carbocycles. The van der Waals surface area contributed by atoms with E-state index in [1.807, 2.05) is 26.8 Å². The Labute approximate surface area is 131 Å². The van der Waals surface area contributed by atoms with Crippen molar-refractivity contribution in [3.05, 3.63) is 46.1 Å². The molecule has 0 saturated carbocycles. The van der Waals surface area contributed by atoms with Crippen LogP contribution in [0.15, 0.2) is 28.9 Å². The van der Waals surface area contributed by atoms with Gasteiger partial charge in [-0.2, -0.15) is 5.26 Å². The summed E-state index contributed by atoms with van der Waals surface area (Å²) in [6.45, 7) is 6.00. The molecule has 1 N–H and O–H groups in total. The number of nitriles is 1. The van der Waals surface area contributed by atoms with Crippen LogP contribution in [0.5, 0.6) is 0 Å². The Hall–Kier alpha value is -2.00. The van der Waals surface area contributed by atoms with E-state index in [2.05, 4.69) is 31.2 Å². The molecule has 21 heavy (non-hydrogen) atoms. The first kappa shape index (κ1) is 15.4. The summed E-state index contributed by atoms with van der Waals surface area (Å²) in [5, 5.41) is 12.0. The first-order valence-corrected chi connectivity index (χ1v) is 7.11. The lowest BCUT2D eigenvalue weighted by atomic mass is 9.96. The smallest absolute Gasteiger partial charge is 0.143 e. The molecule has 0 aliphatic rings. The third-order valence-electron chi connectivity index (χ3n) is 2.75. The van der Waals surface area contributed by atoms with E-state index in [1.54, 1.807) is 18.2 Å². The molecule has 0 aliphatic heterocycles. The van der Waals surface area contributed by atoms with Crippen molar-refractivity contribution in [2.75, 3.05) is 5.32 Å². The summed E-state index contributed by atoms with van der Waals surface area (Å²) in [7, 11) is 0. The van der Waals surface area contributed by atoms with Gasteiger partial charge in [-0.25, -0.2) is 14.4 Å². The Morgan fingerprint density at radius 2 is 2.00 bits per heavy atom. The molecule has 6 heteroatoms. The highest BCUT2D eigenvalue weighted by molar-refractivity contribution is 9.10. The lowest BCUT2D eigenvalue weighted by Gasteiger charge is -2.18. The quantitative estimate of drug-likeness (QED) is 0.822. The van der Waals surface area contributed by atoms with Crippen molar-refractivity contribution in [2.45, 2.75) is 26.2 Å². The molecule has 1 aromatic heterocycles. The zero-order chi connectivity index (χ0) is 15.6. The van der Waals surface area contributed by atoms with Gasteiger partial charge in [-0.05, 0) is 28.1 Å². The molecule has 0 radical (unpaired) electrons. The van der Waals surface area contributed by atoms with E-state index >= 15 is 0 Å². The Bertz CT molecular complexity index is 717. The van der Waals surface area contributed by atoms with E-state index in [0.717, 1.165) is 0 Å². The fourth-order valence-corrected chi connectivity index (χ4v) is 2.08. The van der Waals surface area contributed by atoms with Crippen LogP contribution >= 0.6 is 15.9 Å². The maximum Gasteiger partial charge on any atom is 0.143 e. The molecule has 108 valence electrons. The monoisotopic (exact) mass is 348 g/mol. The highest BCUT2D eigenvalue weighted by atomic mass is 79.9. The Morgan fingerprint density at radius 3 is 2.62 bits per heavy atom. The molecule has 2 rings (SSSR count). The maximum absolute atomic E-state index is 13.6. The largest absolute Gasteiger partial charge is 0.339 e. The lowest BCUT2D eigenvalue weighted by Crippen LogP contribution is -2.17. The molecule has 4 nitrogen and oxygen atoms in total. The van der Waals surface area contributed by atoms with Gasteiger partial charge in [-0.3, -0.25) is 0 Å². The number of rotatable bonds is 2. The van der Waals surface area contributed by atoms with Crippen molar-refractivity contribution in [1.29, 1.82) is 5.26 Å². The minimum atomic E-state index is -0.563. The van der Waals surface area contributed by atoms with E-state index in [9.17, 15) is 4.39 Å². The van der Waals surface area contributed by atoms with Gasteiger partial charge in [-0.15, -0.1) is 0 Å². The van der Waals surface area contributed by atoms with E-state index in [4.69, 9.17) is 5.26 Å². The summed E-state index contributed by atoms with van der Waals surface area (Å²) in [5.41, 5.74) is 0.118. The lowest BCUT2D eigenvalue weighted by molar-refractivity contribution is 0.544. The molecule has 0 unspecified atom stereocenters. The number of aromatic nitrogens is 2. The van der Waals surface area contributed by atoms with Crippen molar-refractivity contribution in [1.82, 2.24) is 9.97 Å². The molecule has 1 heterocycles. The van der Waals surface area contributed by atoms with Gasteiger partial charge < -0.3 is 5.32 Å². The number of hydrogen-bond donors (Lipinski definition) is 1. The zero-order valence-electron chi connectivity index (χ0n) is 11.9. The van der Waals surface area contributed by atoms with Crippen molar-refractivity contribution in [2.24, 2.45) is 0 Å². The topological polar surface area (TPSA) is 61.6 Å². The Balaban J connectivity index is 2.44. The van der Waals surface area contributed by atoms with E-state index in [1.165, 1.54) is 6.07 Å². The molecule has 0 bridgehead atoms. The van der Waals surface area contributed by atoms with Gasteiger partial charge in [-0.1, -0.05) is 26.8 Å². The van der Waals surface area contributed by atoms with Crippen LogP contribution in [-0.2, 0) is 5.41 Å². The number of benzene rings is 1. The number of nitrogens with zero attached hydrogens (tertiary/aromatic N) is 3. The van der Waals surface area contributed by atoms with Crippen LogP contribution in [-0.4, -0.2) is 9.97 Å². The maximum atomic E-state index is 13.6. The molecule has 0 fully saturated rings. The first-order valence-electron chi connectivity index (χ1n) is 6.32. The van der Waals surface area contributed by atoms with Crippen LogP contribution in [0.1, 0.15) is 32.2 Å². The number of nitrogens with one attached hydrogen (secondary N) is 1. The van der Waals surface area contributed by atoms with Crippen LogP contribution in [0.4, 0.5) is 15.9 Å². The molecule has 0 atom stereocenters. The standard InChI is InChI=1S/C15H14BrFN4/c1-15(2,3)14-20-12(16)7-13(21-14)19-11-6-4-5-10(17)9(11)8-18/h4-7H,1-3H3,(H,19,20,21). The second kappa shape index (κ2) is 5.78. The van der Waals surface area contributed by atoms with Crippen LogP contribution < -0.4 is 5.32 Å². The predicted octanol–water partition coefficient (Wildman–Crippen LogP) is 4.29. The third-order valence-corrected chi connectivity index (χ3v) is 3.16. The minimum Gasteiger partial charge on any atom is -0.339 e. The molecular formula is C15H14BrFN4. The van der Waals surface area contributed by atoms with Crippen molar-refractivity contribution < 1.29 is 4.39 Å². The van der Waals surface area contributed by atoms with Gasteiger partial charge in [0.1, 0.15) is 33.7 Å². The molecule has 0 spiro atoms. The molecule has 0 saturated heterocycles. The molecule has 1 aromatic carbocycles. The molecular weight excluding hydrogens is 335 g/mol. The second-order valence-electron chi connectivity index (χ2n) is 5.55. The fraction of sp³-hybridized carbons (Fsp3) is 0.267. The van der Waals surface area contributed by atoms with Crippen LogP contribution in [0.3, 0.4) is 0 Å². The van der Waals surface area contributed by atoms with Gasteiger partial charge in [0.25, 0.3) is 0 Å². The zero-order valence-corrected chi connectivity index (χ0v) is 13.5.